The van der Waals surface area contributed by atoms with Gasteiger partial charge in [-0.3, -0.25) is 0 Å². The summed E-state index contributed by atoms with van der Waals surface area (Å²) >= 11 is 0. The third kappa shape index (κ3) is 6.17. The minimum Gasteiger partial charge on any atom is -0.465 e. The molecule has 0 radical (unpaired) electrons. The van der Waals surface area contributed by atoms with Crippen molar-refractivity contribution in [2.24, 2.45) is 11.8 Å². The summed E-state index contributed by atoms with van der Waals surface area (Å²) in [6, 6.07) is 17.4. The van der Waals surface area contributed by atoms with Crippen molar-refractivity contribution >= 4 is 0 Å². The molecule has 2 fully saturated rings. The first-order valence-corrected chi connectivity index (χ1v) is 12.7. The smallest absolute Gasteiger partial charge is 0.199 e. The summed E-state index contributed by atoms with van der Waals surface area (Å²) in [6.07, 6.45) is 18.2. The normalized spacial score (nSPS) is 24.4. The minimum absolute atomic E-state index is 0.0972. The molecule has 2 aromatic carbocycles. The number of benzene rings is 2. The first-order chi connectivity index (χ1) is 15.7. The van der Waals surface area contributed by atoms with Gasteiger partial charge in [0.2, 0.25) is 0 Å². The standard InChI is InChI=1S/C30H38O2/c1-3-7-24-9-11-25(12-10-24)22-29(26-15-13-23(4-2)14-16-26)27-17-19-28(20-18-27)32-30-8-5-6-21-31-30/h2,13-20,24-25,29-30H,3,5-12,21-22H2,1H3. The molecule has 1 saturated carbocycles. The zero-order chi connectivity index (χ0) is 22.2. The van der Waals surface area contributed by atoms with E-state index in [2.05, 4.69) is 61.4 Å². The van der Waals surface area contributed by atoms with Crippen molar-refractivity contribution < 1.29 is 9.47 Å². The van der Waals surface area contributed by atoms with Gasteiger partial charge in [-0.25, -0.2) is 0 Å². The second-order valence-electron chi connectivity index (χ2n) is 9.71. The van der Waals surface area contributed by atoms with Crippen LogP contribution in [0.1, 0.15) is 93.7 Å². The average molecular weight is 431 g/mol. The van der Waals surface area contributed by atoms with Gasteiger partial charge < -0.3 is 9.47 Å². The van der Waals surface area contributed by atoms with Crippen LogP contribution < -0.4 is 4.74 Å². The average Bonchev–Trinajstić information content (AvgIpc) is 2.85. The van der Waals surface area contributed by atoms with E-state index in [1.807, 2.05) is 0 Å². The number of hydrogen-bond acceptors (Lipinski definition) is 2. The van der Waals surface area contributed by atoms with Crippen LogP contribution in [0.25, 0.3) is 0 Å². The molecule has 2 aliphatic rings. The molecule has 1 aliphatic heterocycles. The molecule has 0 N–H and O–H groups in total. The lowest BCUT2D eigenvalue weighted by Crippen LogP contribution is -2.24. The van der Waals surface area contributed by atoms with E-state index in [-0.39, 0.29) is 6.29 Å². The van der Waals surface area contributed by atoms with Crippen molar-refractivity contribution in [1.29, 1.82) is 0 Å². The van der Waals surface area contributed by atoms with Crippen LogP contribution in [0.2, 0.25) is 0 Å². The minimum atomic E-state index is -0.0972. The third-order valence-electron chi connectivity index (χ3n) is 7.40. The van der Waals surface area contributed by atoms with Gasteiger partial charge in [-0.1, -0.05) is 75.6 Å². The molecule has 0 amide bonds. The number of hydrogen-bond donors (Lipinski definition) is 0. The zero-order valence-corrected chi connectivity index (χ0v) is 19.6. The summed E-state index contributed by atoms with van der Waals surface area (Å²) in [6.45, 7) is 3.12. The van der Waals surface area contributed by atoms with Gasteiger partial charge in [0.15, 0.2) is 6.29 Å². The maximum absolute atomic E-state index is 6.07. The van der Waals surface area contributed by atoms with Gasteiger partial charge in [0.05, 0.1) is 6.61 Å². The van der Waals surface area contributed by atoms with E-state index < -0.39 is 0 Å². The highest BCUT2D eigenvalue weighted by atomic mass is 16.7. The highest BCUT2D eigenvalue weighted by molar-refractivity contribution is 5.40. The van der Waals surface area contributed by atoms with Crippen molar-refractivity contribution in [2.45, 2.75) is 83.3 Å². The summed E-state index contributed by atoms with van der Waals surface area (Å²) in [5.74, 6) is 5.80. The van der Waals surface area contributed by atoms with Gasteiger partial charge in [0.25, 0.3) is 0 Å². The highest BCUT2D eigenvalue weighted by Gasteiger charge is 2.25. The molecule has 32 heavy (non-hydrogen) atoms. The van der Waals surface area contributed by atoms with E-state index in [4.69, 9.17) is 15.9 Å². The Kier molecular flexibility index (Phi) is 8.30. The van der Waals surface area contributed by atoms with Crippen LogP contribution in [0.4, 0.5) is 0 Å². The van der Waals surface area contributed by atoms with Crippen molar-refractivity contribution in [2.75, 3.05) is 6.61 Å². The van der Waals surface area contributed by atoms with Crippen LogP contribution >= 0.6 is 0 Å². The third-order valence-corrected chi connectivity index (χ3v) is 7.40. The Morgan fingerprint density at radius 2 is 1.56 bits per heavy atom. The van der Waals surface area contributed by atoms with Crippen LogP contribution in [0.15, 0.2) is 48.5 Å². The van der Waals surface area contributed by atoms with Gasteiger partial charge in [-0.05, 0) is 66.5 Å². The van der Waals surface area contributed by atoms with Crippen molar-refractivity contribution in [1.82, 2.24) is 0 Å². The van der Waals surface area contributed by atoms with Gasteiger partial charge in [-0.15, -0.1) is 6.42 Å². The van der Waals surface area contributed by atoms with Crippen molar-refractivity contribution in [3.8, 4) is 18.1 Å². The summed E-state index contributed by atoms with van der Waals surface area (Å²) in [5, 5.41) is 0. The Morgan fingerprint density at radius 1 is 0.906 bits per heavy atom. The molecule has 1 heterocycles. The molecule has 2 unspecified atom stereocenters. The van der Waals surface area contributed by atoms with Gasteiger partial charge in [-0.2, -0.15) is 0 Å². The predicted octanol–water partition coefficient (Wildman–Crippen LogP) is 7.70. The van der Waals surface area contributed by atoms with Crippen LogP contribution in [0.5, 0.6) is 5.75 Å². The maximum atomic E-state index is 6.07. The molecule has 2 heteroatoms. The molecular formula is C30H38O2. The first kappa shape index (κ1) is 22.9. The van der Waals surface area contributed by atoms with E-state index in [0.717, 1.165) is 42.6 Å². The molecule has 170 valence electrons. The molecule has 2 atom stereocenters. The Morgan fingerprint density at radius 3 is 2.16 bits per heavy atom. The Hall–Kier alpha value is -2.24. The van der Waals surface area contributed by atoms with E-state index in [1.165, 1.54) is 62.5 Å². The second-order valence-corrected chi connectivity index (χ2v) is 9.71. The molecule has 1 aliphatic carbocycles. The summed E-state index contributed by atoms with van der Waals surface area (Å²) < 4.78 is 11.8. The fourth-order valence-corrected chi connectivity index (χ4v) is 5.51. The Labute approximate surface area is 194 Å². The first-order valence-electron chi connectivity index (χ1n) is 12.7. The van der Waals surface area contributed by atoms with Crippen LogP contribution in [0, 0.1) is 24.2 Å². The fourth-order valence-electron chi connectivity index (χ4n) is 5.51. The molecule has 0 spiro atoms. The number of rotatable bonds is 8. The van der Waals surface area contributed by atoms with Gasteiger partial charge in [0.1, 0.15) is 5.75 Å². The van der Waals surface area contributed by atoms with Gasteiger partial charge in [0, 0.05) is 17.9 Å². The summed E-state index contributed by atoms with van der Waals surface area (Å²) in [5.41, 5.74) is 3.68. The monoisotopic (exact) mass is 430 g/mol. The molecule has 0 bridgehead atoms. The molecule has 1 saturated heterocycles. The van der Waals surface area contributed by atoms with E-state index in [1.54, 1.807) is 0 Å². The molecule has 4 rings (SSSR count). The van der Waals surface area contributed by atoms with E-state index in [0.29, 0.717) is 5.92 Å². The largest absolute Gasteiger partial charge is 0.465 e. The Balaban J connectivity index is 1.47. The maximum Gasteiger partial charge on any atom is 0.199 e. The fraction of sp³-hybridized carbons (Fsp3) is 0.533. The lowest BCUT2D eigenvalue weighted by Gasteiger charge is -2.31. The van der Waals surface area contributed by atoms with Gasteiger partial charge >= 0.3 is 0 Å². The number of terminal acetylenes is 1. The van der Waals surface area contributed by atoms with Crippen LogP contribution in [0.3, 0.4) is 0 Å². The van der Waals surface area contributed by atoms with Crippen LogP contribution in [-0.2, 0) is 4.74 Å². The molecule has 2 nitrogen and oxygen atoms in total. The molecule has 2 aromatic rings. The number of ether oxygens (including phenoxy) is 2. The SMILES string of the molecule is C#Cc1ccc(C(CC2CCC(CCC)CC2)c2ccc(OC3CCCCO3)cc2)cc1. The summed E-state index contributed by atoms with van der Waals surface area (Å²) in [4.78, 5) is 0. The van der Waals surface area contributed by atoms with Crippen LogP contribution in [-0.4, -0.2) is 12.9 Å². The van der Waals surface area contributed by atoms with Crippen molar-refractivity contribution in [3.63, 3.8) is 0 Å². The molecule has 0 aromatic heterocycles. The lowest BCUT2D eigenvalue weighted by molar-refractivity contribution is -0.105. The van der Waals surface area contributed by atoms with Crippen molar-refractivity contribution in [3.05, 3.63) is 65.2 Å². The van der Waals surface area contributed by atoms with E-state index in [9.17, 15) is 0 Å². The lowest BCUT2D eigenvalue weighted by atomic mass is 9.74. The van der Waals surface area contributed by atoms with E-state index >= 15 is 0 Å². The highest BCUT2D eigenvalue weighted by Crippen LogP contribution is 2.40. The molecular weight excluding hydrogens is 392 g/mol. The quantitative estimate of drug-likeness (QED) is 0.399. The Bertz CT molecular complexity index is 847. The zero-order valence-electron chi connectivity index (χ0n) is 19.6. The summed E-state index contributed by atoms with van der Waals surface area (Å²) in [7, 11) is 0. The topological polar surface area (TPSA) is 18.5 Å². The second kappa shape index (κ2) is 11.6. The predicted molar refractivity (Wildman–Crippen MR) is 132 cm³/mol.